The first kappa shape index (κ1) is 17.5. The van der Waals surface area contributed by atoms with Crippen LogP contribution in [0.2, 0.25) is 0 Å². The van der Waals surface area contributed by atoms with E-state index in [9.17, 15) is 4.79 Å². The fraction of sp³-hybridized carbons (Fsp3) is 0.190. The molecule has 2 N–H and O–H groups in total. The molecule has 1 aliphatic carbocycles. The molecule has 0 aromatic carbocycles. The van der Waals surface area contributed by atoms with Crippen LogP contribution in [0.1, 0.15) is 24.1 Å². The summed E-state index contributed by atoms with van der Waals surface area (Å²) < 4.78 is 0.961. The number of hydrogen-bond acceptors (Lipinski definition) is 7. The third-order valence-corrected chi connectivity index (χ3v) is 5.62. The van der Waals surface area contributed by atoms with Gasteiger partial charge in [-0.2, -0.15) is 0 Å². The molecule has 1 aliphatic rings. The number of anilines is 2. The van der Waals surface area contributed by atoms with Crippen molar-refractivity contribution in [2.45, 2.75) is 12.8 Å². The van der Waals surface area contributed by atoms with Crippen LogP contribution < -0.4 is 10.6 Å². The molecule has 4 aromatic heterocycles. The van der Waals surface area contributed by atoms with Crippen molar-refractivity contribution >= 4 is 49.9 Å². The first-order valence-electron chi connectivity index (χ1n) is 9.20. The van der Waals surface area contributed by atoms with E-state index in [1.165, 1.54) is 11.3 Å². The van der Waals surface area contributed by atoms with Crippen molar-refractivity contribution in [3.8, 4) is 11.8 Å². The van der Waals surface area contributed by atoms with Crippen LogP contribution in [-0.2, 0) is 4.79 Å². The third-order valence-electron chi connectivity index (χ3n) is 4.77. The SMILES string of the molecule is CNc1ncc(C#Cc2nccc3ncsc23)c2cc(NC(=O)C3CC3)ncc12. The normalized spacial score (nSPS) is 13.1. The topological polar surface area (TPSA) is 92.7 Å². The van der Waals surface area contributed by atoms with E-state index in [2.05, 4.69) is 42.4 Å². The number of rotatable bonds is 3. The molecule has 0 bridgehead atoms. The third kappa shape index (κ3) is 3.37. The zero-order valence-corrected chi connectivity index (χ0v) is 16.4. The van der Waals surface area contributed by atoms with Gasteiger partial charge in [-0.3, -0.25) is 4.79 Å². The molecule has 0 unspecified atom stereocenters. The van der Waals surface area contributed by atoms with E-state index in [1.54, 1.807) is 24.1 Å². The summed E-state index contributed by atoms with van der Waals surface area (Å²) in [5.74, 6) is 7.70. The van der Waals surface area contributed by atoms with Crippen LogP contribution >= 0.6 is 11.3 Å². The lowest BCUT2D eigenvalue weighted by Crippen LogP contribution is -2.14. The molecule has 8 heteroatoms. The number of aromatic nitrogens is 4. The van der Waals surface area contributed by atoms with Gasteiger partial charge in [0.15, 0.2) is 0 Å². The van der Waals surface area contributed by atoms with Crippen molar-refractivity contribution in [3.05, 3.63) is 47.5 Å². The molecule has 0 spiro atoms. The Morgan fingerprint density at radius 3 is 2.86 bits per heavy atom. The Bertz CT molecular complexity index is 1320. The highest BCUT2D eigenvalue weighted by molar-refractivity contribution is 7.17. The molecule has 0 aliphatic heterocycles. The van der Waals surface area contributed by atoms with Crippen LogP contribution in [0.4, 0.5) is 11.6 Å². The van der Waals surface area contributed by atoms with Crippen molar-refractivity contribution in [1.29, 1.82) is 0 Å². The fourth-order valence-corrected chi connectivity index (χ4v) is 3.81. The second-order valence-electron chi connectivity index (χ2n) is 6.76. The lowest BCUT2D eigenvalue weighted by Gasteiger charge is -2.09. The summed E-state index contributed by atoms with van der Waals surface area (Å²) in [5, 5.41) is 7.68. The van der Waals surface area contributed by atoms with Crippen LogP contribution in [0.15, 0.2) is 36.2 Å². The number of thiazole rings is 1. The van der Waals surface area contributed by atoms with Crippen molar-refractivity contribution < 1.29 is 4.79 Å². The van der Waals surface area contributed by atoms with Crippen LogP contribution in [-0.4, -0.2) is 32.9 Å². The van der Waals surface area contributed by atoms with E-state index < -0.39 is 0 Å². The van der Waals surface area contributed by atoms with E-state index >= 15 is 0 Å². The summed E-state index contributed by atoms with van der Waals surface area (Å²) >= 11 is 1.52. The summed E-state index contributed by atoms with van der Waals surface area (Å²) in [6.45, 7) is 0. The molecule has 4 aromatic rings. The van der Waals surface area contributed by atoms with Gasteiger partial charge in [0.05, 0.1) is 21.3 Å². The molecule has 0 atom stereocenters. The Morgan fingerprint density at radius 2 is 2.03 bits per heavy atom. The minimum absolute atomic E-state index is 0.0217. The Hall–Kier alpha value is -3.57. The van der Waals surface area contributed by atoms with E-state index in [-0.39, 0.29) is 11.8 Å². The molecular formula is C21H16N6OS. The molecule has 4 heterocycles. The molecule has 0 radical (unpaired) electrons. The van der Waals surface area contributed by atoms with Gasteiger partial charge in [0.2, 0.25) is 5.91 Å². The Kier molecular flexibility index (Phi) is 4.30. The van der Waals surface area contributed by atoms with Crippen LogP contribution in [0.5, 0.6) is 0 Å². The number of nitrogens with zero attached hydrogens (tertiary/aromatic N) is 4. The first-order valence-corrected chi connectivity index (χ1v) is 10.1. The largest absolute Gasteiger partial charge is 0.373 e. The van der Waals surface area contributed by atoms with Crippen molar-refractivity contribution in [2.75, 3.05) is 17.7 Å². The summed E-state index contributed by atoms with van der Waals surface area (Å²) in [6, 6.07) is 3.72. The van der Waals surface area contributed by atoms with Gasteiger partial charge < -0.3 is 10.6 Å². The minimum atomic E-state index is 0.0217. The van der Waals surface area contributed by atoms with Gasteiger partial charge in [0.25, 0.3) is 0 Å². The highest BCUT2D eigenvalue weighted by Crippen LogP contribution is 2.31. The molecule has 7 nitrogen and oxygen atoms in total. The Labute approximate surface area is 170 Å². The van der Waals surface area contributed by atoms with Gasteiger partial charge in [-0.1, -0.05) is 5.92 Å². The molecular weight excluding hydrogens is 384 g/mol. The number of amides is 1. The smallest absolute Gasteiger partial charge is 0.228 e. The van der Waals surface area contributed by atoms with Gasteiger partial charge in [-0.15, -0.1) is 11.3 Å². The Balaban J connectivity index is 1.59. The van der Waals surface area contributed by atoms with Crippen LogP contribution in [0.25, 0.3) is 21.0 Å². The van der Waals surface area contributed by atoms with Gasteiger partial charge >= 0.3 is 0 Å². The standard InChI is InChI=1S/C21H16N6OS/c1-22-20-15-10-24-18(27-21(28)12-2-3-12)8-14(15)13(9-25-20)4-5-16-19-17(6-7-23-16)26-11-29-19/h6-12H,2-3H2,1H3,(H,22,25)(H,24,27,28). The van der Waals surface area contributed by atoms with Gasteiger partial charge in [0, 0.05) is 42.3 Å². The highest BCUT2D eigenvalue weighted by Gasteiger charge is 2.29. The Morgan fingerprint density at radius 1 is 1.14 bits per heavy atom. The lowest BCUT2D eigenvalue weighted by molar-refractivity contribution is -0.117. The zero-order chi connectivity index (χ0) is 19.8. The molecule has 1 saturated carbocycles. The van der Waals surface area contributed by atoms with E-state index in [1.807, 2.05) is 19.2 Å². The number of hydrogen-bond donors (Lipinski definition) is 2. The summed E-state index contributed by atoms with van der Waals surface area (Å²) in [4.78, 5) is 29.6. The monoisotopic (exact) mass is 400 g/mol. The van der Waals surface area contributed by atoms with Crippen LogP contribution in [0, 0.1) is 17.8 Å². The maximum Gasteiger partial charge on any atom is 0.228 e. The average molecular weight is 400 g/mol. The number of fused-ring (bicyclic) bond motifs is 2. The van der Waals surface area contributed by atoms with E-state index in [0.29, 0.717) is 17.3 Å². The van der Waals surface area contributed by atoms with Crippen molar-refractivity contribution in [2.24, 2.45) is 5.92 Å². The maximum absolute atomic E-state index is 12.1. The number of carbonyl (C=O) groups is 1. The second kappa shape index (κ2) is 7.11. The molecule has 1 amide bonds. The molecule has 142 valence electrons. The predicted molar refractivity (Wildman–Crippen MR) is 114 cm³/mol. The molecule has 29 heavy (non-hydrogen) atoms. The maximum atomic E-state index is 12.1. The summed E-state index contributed by atoms with van der Waals surface area (Å²) in [7, 11) is 1.81. The average Bonchev–Trinajstić information content (AvgIpc) is 3.49. The summed E-state index contributed by atoms with van der Waals surface area (Å²) in [5.41, 5.74) is 4.10. The van der Waals surface area contributed by atoms with E-state index in [4.69, 9.17) is 0 Å². The highest BCUT2D eigenvalue weighted by atomic mass is 32.1. The minimum Gasteiger partial charge on any atom is -0.373 e. The summed E-state index contributed by atoms with van der Waals surface area (Å²) in [6.07, 6.45) is 7.03. The number of carbonyl (C=O) groups excluding carboxylic acids is 1. The second-order valence-corrected chi connectivity index (χ2v) is 7.61. The zero-order valence-electron chi connectivity index (χ0n) is 15.6. The molecule has 0 saturated heterocycles. The van der Waals surface area contributed by atoms with E-state index in [0.717, 1.165) is 39.4 Å². The first-order chi connectivity index (χ1) is 14.2. The predicted octanol–water partition coefficient (Wildman–Crippen LogP) is 3.42. The van der Waals surface area contributed by atoms with Crippen LogP contribution in [0.3, 0.4) is 0 Å². The van der Waals surface area contributed by atoms with Gasteiger partial charge in [-0.05, 0) is 30.9 Å². The van der Waals surface area contributed by atoms with Crippen molar-refractivity contribution in [1.82, 2.24) is 19.9 Å². The fourth-order valence-electron chi connectivity index (χ4n) is 3.08. The van der Waals surface area contributed by atoms with Gasteiger partial charge in [0.1, 0.15) is 17.3 Å². The lowest BCUT2D eigenvalue weighted by atomic mass is 10.1. The molecule has 5 rings (SSSR count). The quantitative estimate of drug-likeness (QED) is 0.512. The van der Waals surface area contributed by atoms with Gasteiger partial charge in [-0.25, -0.2) is 19.9 Å². The number of pyridine rings is 3. The molecule has 1 fully saturated rings. The number of nitrogens with one attached hydrogen (secondary N) is 2. The van der Waals surface area contributed by atoms with Crippen molar-refractivity contribution in [3.63, 3.8) is 0 Å².